The average molecular weight is 595 g/mol. The van der Waals surface area contributed by atoms with E-state index in [9.17, 15) is 41.9 Å². The Hall–Kier alpha value is -4.45. The second kappa shape index (κ2) is 12.2. The maximum Gasteiger partial charge on any atom is 0.325 e. The van der Waals surface area contributed by atoms with E-state index in [2.05, 4.69) is 4.72 Å². The molecular weight excluding hydrogens is 572 g/mol. The minimum Gasteiger partial charge on any atom is -0.497 e. The summed E-state index contributed by atoms with van der Waals surface area (Å²) >= 11 is 0. The first kappa shape index (κ1) is 30.1. The highest BCUT2D eigenvalue weighted by molar-refractivity contribution is 7.90. The SMILES string of the molecule is COC(=O)[C@H](NS(=O)(=O)c1ccccc1[N+](=O)[O-])[C@H](NS(=O)(=O)c1ccccc1[N+](=O)[O-])c1ccc(OC)cc1. The Morgan fingerprint density at radius 2 is 1.20 bits per heavy atom. The Balaban J connectivity index is 2.19. The second-order valence-corrected chi connectivity index (χ2v) is 11.3. The van der Waals surface area contributed by atoms with Crippen molar-refractivity contribution < 1.29 is 41.0 Å². The molecule has 0 fully saturated rings. The quantitative estimate of drug-likeness (QED) is 0.176. The van der Waals surface area contributed by atoms with Gasteiger partial charge in [-0.05, 0) is 29.8 Å². The van der Waals surface area contributed by atoms with E-state index < -0.39 is 69.1 Å². The number of hydrogen-bond acceptors (Lipinski definition) is 11. The summed E-state index contributed by atoms with van der Waals surface area (Å²) in [5.41, 5.74) is -1.57. The summed E-state index contributed by atoms with van der Waals surface area (Å²) in [4.78, 5) is 32.4. The highest BCUT2D eigenvalue weighted by Crippen LogP contribution is 2.29. The summed E-state index contributed by atoms with van der Waals surface area (Å²) in [5, 5.41) is 22.9. The van der Waals surface area contributed by atoms with Gasteiger partial charge >= 0.3 is 5.97 Å². The molecule has 0 unspecified atom stereocenters. The predicted octanol–water partition coefficient (Wildman–Crippen LogP) is 2.05. The van der Waals surface area contributed by atoms with Crippen LogP contribution in [-0.4, -0.2) is 52.9 Å². The van der Waals surface area contributed by atoms with E-state index in [0.29, 0.717) is 5.75 Å². The number of sulfonamides is 2. The first-order valence-corrected chi connectivity index (χ1v) is 14.0. The van der Waals surface area contributed by atoms with Crippen LogP contribution in [0.1, 0.15) is 11.6 Å². The van der Waals surface area contributed by atoms with Crippen LogP contribution in [0.4, 0.5) is 11.4 Å². The summed E-state index contributed by atoms with van der Waals surface area (Å²) in [5.74, 6) is -0.938. The molecule has 15 nitrogen and oxygen atoms in total. The number of para-hydroxylation sites is 2. The minimum atomic E-state index is -4.86. The van der Waals surface area contributed by atoms with Gasteiger partial charge in [-0.1, -0.05) is 36.4 Å². The lowest BCUT2D eigenvalue weighted by molar-refractivity contribution is -0.388. The lowest BCUT2D eigenvalue weighted by Crippen LogP contribution is -2.51. The normalized spacial score (nSPS) is 13.2. The van der Waals surface area contributed by atoms with Crippen LogP contribution >= 0.6 is 0 Å². The number of carbonyl (C=O) groups excluding carboxylic acids is 1. The predicted molar refractivity (Wildman–Crippen MR) is 138 cm³/mol. The van der Waals surface area contributed by atoms with E-state index in [4.69, 9.17) is 9.47 Å². The highest BCUT2D eigenvalue weighted by Gasteiger charge is 2.40. The smallest absolute Gasteiger partial charge is 0.325 e. The first-order valence-electron chi connectivity index (χ1n) is 11.1. The number of methoxy groups -OCH3 is 2. The summed E-state index contributed by atoms with van der Waals surface area (Å²) in [7, 11) is -7.38. The maximum absolute atomic E-state index is 13.4. The molecule has 2 atom stereocenters. The molecule has 17 heteroatoms. The zero-order valence-corrected chi connectivity index (χ0v) is 22.4. The monoisotopic (exact) mass is 594 g/mol. The molecule has 0 aliphatic heterocycles. The molecule has 0 saturated heterocycles. The molecule has 3 rings (SSSR count). The van der Waals surface area contributed by atoms with Crippen molar-refractivity contribution in [3.05, 3.63) is 98.6 Å². The van der Waals surface area contributed by atoms with Gasteiger partial charge in [0.25, 0.3) is 11.4 Å². The van der Waals surface area contributed by atoms with Gasteiger partial charge in [0.05, 0.1) is 30.1 Å². The van der Waals surface area contributed by atoms with Gasteiger partial charge in [-0.2, -0.15) is 4.72 Å². The van der Waals surface area contributed by atoms with Gasteiger partial charge in [0, 0.05) is 12.1 Å². The van der Waals surface area contributed by atoms with Crippen LogP contribution in [0.3, 0.4) is 0 Å². The molecule has 0 aromatic heterocycles. The van der Waals surface area contributed by atoms with Crippen LogP contribution in [0.5, 0.6) is 5.75 Å². The van der Waals surface area contributed by atoms with E-state index in [0.717, 1.165) is 31.4 Å². The van der Waals surface area contributed by atoms with E-state index in [1.54, 1.807) is 0 Å². The van der Waals surface area contributed by atoms with E-state index in [-0.39, 0.29) is 5.56 Å². The Kier molecular flexibility index (Phi) is 9.15. The van der Waals surface area contributed by atoms with Crippen LogP contribution < -0.4 is 14.2 Å². The third-order valence-electron chi connectivity index (χ3n) is 5.53. The van der Waals surface area contributed by atoms with Crippen LogP contribution in [0.25, 0.3) is 0 Å². The largest absolute Gasteiger partial charge is 0.497 e. The lowest BCUT2D eigenvalue weighted by atomic mass is 10.0. The van der Waals surface area contributed by atoms with Crippen molar-refractivity contribution in [3.8, 4) is 5.75 Å². The van der Waals surface area contributed by atoms with Crippen molar-refractivity contribution in [1.82, 2.24) is 9.44 Å². The number of esters is 1. The van der Waals surface area contributed by atoms with Crippen molar-refractivity contribution in [3.63, 3.8) is 0 Å². The Morgan fingerprint density at radius 1 is 0.750 bits per heavy atom. The molecule has 0 saturated carbocycles. The van der Waals surface area contributed by atoms with Crippen molar-refractivity contribution in [2.45, 2.75) is 21.9 Å². The molecule has 2 N–H and O–H groups in total. The summed E-state index contributed by atoms with van der Waals surface area (Å²) in [6.07, 6.45) is 0. The molecule has 0 amide bonds. The minimum absolute atomic E-state index is 0.0172. The third-order valence-corrected chi connectivity index (χ3v) is 8.51. The van der Waals surface area contributed by atoms with Gasteiger partial charge in [-0.3, -0.25) is 25.0 Å². The fraction of sp³-hybridized carbons (Fsp3) is 0.174. The zero-order valence-electron chi connectivity index (χ0n) is 20.8. The Bertz CT molecular complexity index is 1640. The number of nitrogens with one attached hydrogen (secondary N) is 2. The first-order chi connectivity index (χ1) is 18.8. The standard InChI is InChI=1S/C23H22N4O11S2/c1-37-16-13-11-15(12-14-16)21(24-39(33,34)19-9-5-3-7-17(19)26(29)30)22(23(28)38-2)25-40(35,36)20-10-6-4-8-18(20)27(31)32/h3-14,21-22,24-25H,1-2H3/t21-,22-/m1/s1. The van der Waals surface area contributed by atoms with E-state index in [1.807, 2.05) is 4.72 Å². The van der Waals surface area contributed by atoms with Crippen LogP contribution in [0.2, 0.25) is 0 Å². The molecule has 0 radical (unpaired) electrons. The summed E-state index contributed by atoms with van der Waals surface area (Å²) < 4.78 is 67.4. The van der Waals surface area contributed by atoms with Crippen molar-refractivity contribution >= 4 is 37.4 Å². The highest BCUT2D eigenvalue weighted by atomic mass is 32.2. The van der Waals surface area contributed by atoms with Crippen molar-refractivity contribution in [1.29, 1.82) is 0 Å². The van der Waals surface area contributed by atoms with Gasteiger partial charge in [0.1, 0.15) is 11.8 Å². The Labute approximate surface area is 228 Å². The molecule has 40 heavy (non-hydrogen) atoms. The van der Waals surface area contributed by atoms with Gasteiger partial charge in [-0.15, -0.1) is 0 Å². The van der Waals surface area contributed by atoms with Crippen molar-refractivity contribution in [2.75, 3.05) is 14.2 Å². The molecule has 3 aromatic carbocycles. The number of rotatable bonds is 12. The Morgan fingerprint density at radius 3 is 1.62 bits per heavy atom. The molecule has 0 spiro atoms. The summed E-state index contributed by atoms with van der Waals surface area (Å²) in [6, 6.07) is 10.3. The van der Waals surface area contributed by atoms with Crippen LogP contribution in [-0.2, 0) is 29.6 Å². The molecule has 0 aliphatic rings. The molecule has 0 heterocycles. The van der Waals surface area contributed by atoms with E-state index >= 15 is 0 Å². The molecule has 3 aromatic rings. The number of ether oxygens (including phenoxy) is 2. The molecule has 0 aliphatic carbocycles. The van der Waals surface area contributed by atoms with Gasteiger partial charge in [-0.25, -0.2) is 21.6 Å². The molecule has 0 bridgehead atoms. The van der Waals surface area contributed by atoms with Gasteiger partial charge in [0.2, 0.25) is 20.0 Å². The maximum atomic E-state index is 13.4. The second-order valence-electron chi connectivity index (χ2n) is 7.94. The number of carbonyl (C=O) groups is 1. The number of benzene rings is 3. The van der Waals surface area contributed by atoms with Crippen LogP contribution in [0, 0.1) is 20.2 Å². The van der Waals surface area contributed by atoms with Crippen molar-refractivity contribution in [2.24, 2.45) is 0 Å². The van der Waals surface area contributed by atoms with Crippen LogP contribution in [0.15, 0.2) is 82.6 Å². The zero-order chi connectivity index (χ0) is 29.7. The van der Waals surface area contributed by atoms with Gasteiger partial charge < -0.3 is 9.47 Å². The topological polar surface area (TPSA) is 214 Å². The summed E-state index contributed by atoms with van der Waals surface area (Å²) in [6.45, 7) is 0. The fourth-order valence-electron chi connectivity index (χ4n) is 3.65. The molecular formula is C23H22N4O11S2. The number of nitro groups is 2. The van der Waals surface area contributed by atoms with E-state index in [1.165, 1.54) is 55.6 Å². The lowest BCUT2D eigenvalue weighted by Gasteiger charge is -2.27. The average Bonchev–Trinajstić information content (AvgIpc) is 2.94. The molecule has 212 valence electrons. The number of hydrogen-bond donors (Lipinski definition) is 2. The fourth-order valence-corrected chi connectivity index (χ4v) is 6.43. The number of nitrogens with zero attached hydrogens (tertiary/aromatic N) is 2. The third kappa shape index (κ3) is 6.57. The van der Waals surface area contributed by atoms with Gasteiger partial charge in [0.15, 0.2) is 9.79 Å². The number of nitro benzene ring substituents is 2.